The molecule has 2 aliphatic rings. The van der Waals surface area contributed by atoms with E-state index < -0.39 is 0 Å². The molecule has 0 bridgehead atoms. The lowest BCUT2D eigenvalue weighted by molar-refractivity contribution is -0.125. The summed E-state index contributed by atoms with van der Waals surface area (Å²) < 4.78 is 5.88. The number of amides is 1. The average Bonchev–Trinajstić information content (AvgIpc) is 3.26. The van der Waals surface area contributed by atoms with E-state index in [-0.39, 0.29) is 5.91 Å². The number of carbonyl (C=O) groups is 1. The smallest absolute Gasteiger partial charge is 0.245 e. The van der Waals surface area contributed by atoms with Crippen LogP contribution in [-0.2, 0) is 4.79 Å². The standard InChI is InChI=1S/C25H25N5O2/c1-2-22(31)30-13-20-19(21(20)14-30)12-27-25-23(24(26)28-15-29-25)16-8-10-18(11-9-16)32-17-6-4-3-5-7-17/h2-11,15,19-21H,1,12-14H2,(H3,26,27,28,29). The van der Waals surface area contributed by atoms with E-state index in [0.717, 1.165) is 48.1 Å². The molecule has 2 aromatic carbocycles. The lowest BCUT2D eigenvalue weighted by Crippen LogP contribution is -2.30. The topological polar surface area (TPSA) is 93.4 Å². The highest BCUT2D eigenvalue weighted by Gasteiger charge is 2.55. The van der Waals surface area contributed by atoms with Gasteiger partial charge in [0, 0.05) is 19.6 Å². The summed E-state index contributed by atoms with van der Waals surface area (Å²) in [5, 5.41) is 3.47. The first-order valence-corrected chi connectivity index (χ1v) is 10.7. The van der Waals surface area contributed by atoms with E-state index in [2.05, 4.69) is 21.9 Å². The lowest BCUT2D eigenvalue weighted by atomic mass is 10.1. The molecule has 2 unspecified atom stereocenters. The SMILES string of the molecule is C=CC(=O)N1CC2C(CNc3ncnc(N)c3-c3ccc(Oc4ccccc4)cc3)C2C1. The molecule has 1 amide bonds. The number of anilines is 2. The van der Waals surface area contributed by atoms with Gasteiger partial charge in [-0.2, -0.15) is 0 Å². The van der Waals surface area contributed by atoms with Gasteiger partial charge in [0.2, 0.25) is 5.91 Å². The minimum absolute atomic E-state index is 0.0226. The van der Waals surface area contributed by atoms with Crippen molar-refractivity contribution >= 4 is 17.5 Å². The molecule has 1 aliphatic carbocycles. The molecule has 7 nitrogen and oxygen atoms in total. The fraction of sp³-hybridized carbons (Fsp3) is 0.240. The first-order chi connectivity index (χ1) is 15.6. The molecule has 2 heterocycles. The van der Waals surface area contributed by atoms with Crippen LogP contribution in [0.5, 0.6) is 11.5 Å². The van der Waals surface area contributed by atoms with Gasteiger partial charge in [0.25, 0.3) is 0 Å². The molecule has 7 heteroatoms. The second-order valence-corrected chi connectivity index (χ2v) is 8.24. The van der Waals surface area contributed by atoms with Crippen LogP contribution in [0, 0.1) is 17.8 Å². The first kappa shape index (κ1) is 20.1. The Morgan fingerprint density at radius 2 is 1.78 bits per heavy atom. The van der Waals surface area contributed by atoms with Crippen molar-refractivity contribution in [2.75, 3.05) is 30.7 Å². The highest BCUT2D eigenvalue weighted by Crippen LogP contribution is 2.51. The first-order valence-electron chi connectivity index (χ1n) is 10.7. The molecule has 32 heavy (non-hydrogen) atoms. The van der Waals surface area contributed by atoms with E-state index in [4.69, 9.17) is 10.5 Å². The number of piperidine rings is 1. The maximum absolute atomic E-state index is 11.8. The molecule has 162 valence electrons. The Hall–Kier alpha value is -3.87. The Labute approximate surface area is 186 Å². The number of hydrogen-bond acceptors (Lipinski definition) is 6. The van der Waals surface area contributed by atoms with Crippen LogP contribution in [0.4, 0.5) is 11.6 Å². The normalized spacial score (nSPS) is 21.0. The fourth-order valence-corrected chi connectivity index (χ4v) is 4.61. The van der Waals surface area contributed by atoms with Crippen molar-refractivity contribution in [2.45, 2.75) is 0 Å². The Bertz CT molecular complexity index is 1120. The highest BCUT2D eigenvalue weighted by molar-refractivity contribution is 5.87. The molecule has 1 aromatic heterocycles. The number of likely N-dealkylation sites (tertiary alicyclic amines) is 1. The maximum Gasteiger partial charge on any atom is 0.245 e. The molecule has 1 aliphatic heterocycles. The lowest BCUT2D eigenvalue weighted by Gasteiger charge is -2.19. The van der Waals surface area contributed by atoms with Gasteiger partial charge in [-0.05, 0) is 53.7 Å². The monoisotopic (exact) mass is 427 g/mol. The largest absolute Gasteiger partial charge is 0.457 e. The summed E-state index contributed by atoms with van der Waals surface area (Å²) in [5.74, 6) is 4.33. The van der Waals surface area contributed by atoms with Crippen LogP contribution in [0.25, 0.3) is 11.1 Å². The van der Waals surface area contributed by atoms with Crippen LogP contribution in [0.2, 0.25) is 0 Å². The number of nitrogen functional groups attached to an aromatic ring is 1. The van der Waals surface area contributed by atoms with Gasteiger partial charge in [-0.3, -0.25) is 4.79 Å². The third-order valence-corrected chi connectivity index (χ3v) is 6.36. The summed E-state index contributed by atoms with van der Waals surface area (Å²) in [5.41, 5.74) is 7.93. The van der Waals surface area contributed by atoms with Crippen molar-refractivity contribution in [1.82, 2.24) is 14.9 Å². The van der Waals surface area contributed by atoms with Gasteiger partial charge >= 0.3 is 0 Å². The molecule has 0 spiro atoms. The summed E-state index contributed by atoms with van der Waals surface area (Å²) in [4.78, 5) is 22.3. The van der Waals surface area contributed by atoms with E-state index >= 15 is 0 Å². The number of hydrogen-bond donors (Lipinski definition) is 2. The zero-order valence-corrected chi connectivity index (χ0v) is 17.6. The van der Waals surface area contributed by atoms with Gasteiger partial charge in [0.1, 0.15) is 29.5 Å². The van der Waals surface area contributed by atoms with E-state index in [1.807, 2.05) is 59.5 Å². The van der Waals surface area contributed by atoms with Crippen molar-refractivity contribution in [1.29, 1.82) is 0 Å². The summed E-state index contributed by atoms with van der Waals surface area (Å²) in [6.07, 6.45) is 2.87. The summed E-state index contributed by atoms with van der Waals surface area (Å²) in [7, 11) is 0. The highest BCUT2D eigenvalue weighted by atomic mass is 16.5. The third kappa shape index (κ3) is 3.89. The Morgan fingerprint density at radius 1 is 1.09 bits per heavy atom. The van der Waals surface area contributed by atoms with Gasteiger partial charge in [0.05, 0.1) is 5.56 Å². The van der Waals surface area contributed by atoms with Crippen molar-refractivity contribution in [3.8, 4) is 22.6 Å². The van der Waals surface area contributed by atoms with E-state index in [9.17, 15) is 4.79 Å². The zero-order valence-electron chi connectivity index (χ0n) is 17.6. The number of nitrogens with one attached hydrogen (secondary N) is 1. The van der Waals surface area contributed by atoms with Gasteiger partial charge in [-0.15, -0.1) is 0 Å². The van der Waals surface area contributed by atoms with Crippen LogP contribution in [0.3, 0.4) is 0 Å². The average molecular weight is 428 g/mol. The zero-order chi connectivity index (χ0) is 22.1. The number of nitrogens with two attached hydrogens (primary N) is 1. The van der Waals surface area contributed by atoms with E-state index in [0.29, 0.717) is 23.6 Å². The minimum atomic E-state index is 0.0226. The quantitative estimate of drug-likeness (QED) is 0.557. The van der Waals surface area contributed by atoms with Crippen molar-refractivity contribution in [3.63, 3.8) is 0 Å². The number of benzene rings is 2. The molecule has 2 fully saturated rings. The number of carbonyl (C=O) groups excluding carboxylic acids is 1. The summed E-state index contributed by atoms with van der Waals surface area (Å²) in [6.45, 7) is 5.99. The Morgan fingerprint density at radius 3 is 2.47 bits per heavy atom. The molecule has 2 atom stereocenters. The molecule has 5 rings (SSSR count). The molecule has 0 radical (unpaired) electrons. The molecular weight excluding hydrogens is 402 g/mol. The molecule has 3 aromatic rings. The Balaban J connectivity index is 1.26. The number of para-hydroxylation sites is 1. The van der Waals surface area contributed by atoms with Crippen LogP contribution in [0.15, 0.2) is 73.6 Å². The molecular formula is C25H25N5O2. The van der Waals surface area contributed by atoms with Gasteiger partial charge in [0.15, 0.2) is 0 Å². The second kappa shape index (κ2) is 8.34. The minimum Gasteiger partial charge on any atom is -0.457 e. The van der Waals surface area contributed by atoms with Crippen molar-refractivity contribution in [3.05, 3.63) is 73.6 Å². The fourth-order valence-electron chi connectivity index (χ4n) is 4.61. The number of nitrogens with zero attached hydrogens (tertiary/aromatic N) is 3. The van der Waals surface area contributed by atoms with Crippen LogP contribution in [0.1, 0.15) is 0 Å². The number of ether oxygens (including phenoxy) is 1. The molecule has 1 saturated carbocycles. The van der Waals surface area contributed by atoms with Gasteiger partial charge in [-0.1, -0.05) is 36.9 Å². The Kier molecular flexibility index (Phi) is 5.23. The predicted octanol–water partition coefficient (Wildman–Crippen LogP) is 3.82. The molecule has 3 N–H and O–H groups in total. The second-order valence-electron chi connectivity index (χ2n) is 8.24. The van der Waals surface area contributed by atoms with Crippen LogP contribution < -0.4 is 15.8 Å². The summed E-state index contributed by atoms with van der Waals surface area (Å²) in [6, 6.07) is 17.4. The number of rotatable bonds is 7. The van der Waals surface area contributed by atoms with Crippen molar-refractivity contribution in [2.24, 2.45) is 17.8 Å². The van der Waals surface area contributed by atoms with Crippen molar-refractivity contribution < 1.29 is 9.53 Å². The van der Waals surface area contributed by atoms with Crippen LogP contribution in [-0.4, -0.2) is 40.4 Å². The van der Waals surface area contributed by atoms with Gasteiger partial charge in [-0.25, -0.2) is 9.97 Å². The molecule has 1 saturated heterocycles. The third-order valence-electron chi connectivity index (χ3n) is 6.36. The van der Waals surface area contributed by atoms with Gasteiger partial charge < -0.3 is 20.7 Å². The summed E-state index contributed by atoms with van der Waals surface area (Å²) >= 11 is 0. The predicted molar refractivity (Wildman–Crippen MR) is 124 cm³/mol. The number of fused-ring (bicyclic) bond motifs is 1. The van der Waals surface area contributed by atoms with Crippen LogP contribution >= 0.6 is 0 Å². The van der Waals surface area contributed by atoms with E-state index in [1.165, 1.54) is 12.4 Å². The maximum atomic E-state index is 11.8. The van der Waals surface area contributed by atoms with E-state index in [1.54, 1.807) is 0 Å². The number of aromatic nitrogens is 2.